The SMILES string of the molecule is CC1CCCC(CN)N1C(=O)c1ccncc1Cl. The highest BCUT2D eigenvalue weighted by Crippen LogP contribution is 2.26. The highest BCUT2D eigenvalue weighted by atomic mass is 35.5. The van der Waals surface area contributed by atoms with Crippen LogP contribution >= 0.6 is 11.6 Å². The number of amides is 1. The lowest BCUT2D eigenvalue weighted by Crippen LogP contribution is -2.51. The molecule has 2 N–H and O–H groups in total. The quantitative estimate of drug-likeness (QED) is 0.892. The molecule has 5 heteroatoms. The van der Waals surface area contributed by atoms with E-state index < -0.39 is 0 Å². The summed E-state index contributed by atoms with van der Waals surface area (Å²) in [5, 5.41) is 0.399. The van der Waals surface area contributed by atoms with Crippen molar-refractivity contribution < 1.29 is 4.79 Å². The molecule has 18 heavy (non-hydrogen) atoms. The minimum Gasteiger partial charge on any atom is -0.332 e. The molecule has 0 bridgehead atoms. The van der Waals surface area contributed by atoms with Gasteiger partial charge in [-0.2, -0.15) is 0 Å². The molecule has 0 aliphatic carbocycles. The highest BCUT2D eigenvalue weighted by Gasteiger charge is 2.32. The van der Waals surface area contributed by atoms with Gasteiger partial charge in [-0.25, -0.2) is 0 Å². The number of hydrogen-bond donors (Lipinski definition) is 1. The summed E-state index contributed by atoms with van der Waals surface area (Å²) in [6.07, 6.45) is 6.20. The lowest BCUT2D eigenvalue weighted by atomic mass is 9.95. The molecule has 1 fully saturated rings. The van der Waals surface area contributed by atoms with Gasteiger partial charge in [-0.1, -0.05) is 11.6 Å². The summed E-state index contributed by atoms with van der Waals surface area (Å²) in [5.74, 6) is -0.0370. The highest BCUT2D eigenvalue weighted by molar-refractivity contribution is 6.33. The van der Waals surface area contributed by atoms with Crippen LogP contribution in [-0.2, 0) is 0 Å². The summed E-state index contributed by atoms with van der Waals surface area (Å²) in [5.41, 5.74) is 6.28. The van der Waals surface area contributed by atoms with E-state index in [1.807, 2.05) is 4.90 Å². The number of rotatable bonds is 2. The fourth-order valence-electron chi connectivity index (χ4n) is 2.57. The van der Waals surface area contributed by atoms with Crippen molar-refractivity contribution >= 4 is 17.5 Å². The molecule has 2 rings (SSSR count). The van der Waals surface area contributed by atoms with Crippen LogP contribution in [0.4, 0.5) is 0 Å². The molecule has 1 aliphatic rings. The molecule has 0 saturated carbocycles. The van der Waals surface area contributed by atoms with Gasteiger partial charge in [0.05, 0.1) is 10.6 Å². The van der Waals surface area contributed by atoms with Gasteiger partial charge in [0.1, 0.15) is 0 Å². The summed E-state index contributed by atoms with van der Waals surface area (Å²) in [7, 11) is 0. The average Bonchev–Trinajstić information content (AvgIpc) is 2.38. The maximum absolute atomic E-state index is 12.6. The van der Waals surface area contributed by atoms with Crippen LogP contribution in [0.3, 0.4) is 0 Å². The van der Waals surface area contributed by atoms with Gasteiger partial charge in [0.15, 0.2) is 0 Å². The van der Waals surface area contributed by atoms with Crippen molar-refractivity contribution in [3.05, 3.63) is 29.0 Å². The first kappa shape index (κ1) is 13.3. The third-order valence-electron chi connectivity index (χ3n) is 3.54. The van der Waals surface area contributed by atoms with Crippen LogP contribution in [0, 0.1) is 0 Å². The molecule has 0 spiro atoms. The molecule has 98 valence electrons. The number of piperidine rings is 1. The number of carbonyl (C=O) groups is 1. The van der Waals surface area contributed by atoms with E-state index in [2.05, 4.69) is 11.9 Å². The largest absolute Gasteiger partial charge is 0.332 e. The fraction of sp³-hybridized carbons (Fsp3) is 0.538. The summed E-state index contributed by atoms with van der Waals surface area (Å²) in [6.45, 7) is 2.56. The Balaban J connectivity index is 2.28. The second-order valence-corrected chi connectivity index (χ2v) is 5.14. The Morgan fingerprint density at radius 3 is 3.06 bits per heavy atom. The average molecular weight is 268 g/mol. The summed E-state index contributed by atoms with van der Waals surface area (Å²) < 4.78 is 0. The number of hydrogen-bond acceptors (Lipinski definition) is 3. The van der Waals surface area contributed by atoms with Gasteiger partial charge in [0.25, 0.3) is 5.91 Å². The van der Waals surface area contributed by atoms with Gasteiger partial charge in [0, 0.05) is 31.0 Å². The molecule has 1 aromatic rings. The lowest BCUT2D eigenvalue weighted by Gasteiger charge is -2.40. The van der Waals surface area contributed by atoms with Gasteiger partial charge >= 0.3 is 0 Å². The molecule has 2 unspecified atom stereocenters. The Kier molecular flexibility index (Phi) is 4.19. The molecule has 1 amide bonds. The van der Waals surface area contributed by atoms with Crippen LogP contribution < -0.4 is 5.73 Å². The van der Waals surface area contributed by atoms with Crippen LogP contribution in [0.15, 0.2) is 18.5 Å². The van der Waals surface area contributed by atoms with Gasteiger partial charge in [-0.3, -0.25) is 9.78 Å². The van der Waals surface area contributed by atoms with E-state index in [0.717, 1.165) is 19.3 Å². The van der Waals surface area contributed by atoms with Gasteiger partial charge in [0.2, 0.25) is 0 Å². The van der Waals surface area contributed by atoms with Crippen molar-refractivity contribution in [1.29, 1.82) is 0 Å². The Morgan fingerprint density at radius 2 is 2.39 bits per heavy atom. The second kappa shape index (κ2) is 5.67. The van der Waals surface area contributed by atoms with E-state index in [-0.39, 0.29) is 18.0 Å². The Bertz CT molecular complexity index is 438. The number of pyridine rings is 1. The van der Waals surface area contributed by atoms with Crippen LogP contribution in [-0.4, -0.2) is 34.4 Å². The van der Waals surface area contributed by atoms with Crippen molar-refractivity contribution in [2.75, 3.05) is 6.54 Å². The predicted octanol–water partition coefficient (Wildman–Crippen LogP) is 2.08. The van der Waals surface area contributed by atoms with E-state index in [4.69, 9.17) is 17.3 Å². The van der Waals surface area contributed by atoms with Crippen LogP contribution in [0.5, 0.6) is 0 Å². The topological polar surface area (TPSA) is 59.2 Å². The monoisotopic (exact) mass is 267 g/mol. The summed E-state index contributed by atoms with van der Waals surface area (Å²) in [4.78, 5) is 18.3. The van der Waals surface area contributed by atoms with Crippen molar-refractivity contribution in [3.8, 4) is 0 Å². The number of nitrogens with zero attached hydrogens (tertiary/aromatic N) is 2. The number of halogens is 1. The van der Waals surface area contributed by atoms with Crippen LogP contribution in [0.25, 0.3) is 0 Å². The molecule has 1 aliphatic heterocycles. The molecule has 0 aromatic carbocycles. The van der Waals surface area contributed by atoms with Crippen molar-refractivity contribution in [2.24, 2.45) is 5.73 Å². The van der Waals surface area contributed by atoms with E-state index >= 15 is 0 Å². The smallest absolute Gasteiger partial charge is 0.256 e. The molecule has 1 aromatic heterocycles. The molecule has 0 radical (unpaired) electrons. The molecule has 2 heterocycles. The summed E-state index contributed by atoms with van der Waals surface area (Å²) in [6, 6.07) is 1.99. The van der Waals surface area contributed by atoms with E-state index in [9.17, 15) is 4.79 Å². The second-order valence-electron chi connectivity index (χ2n) is 4.74. The normalized spacial score (nSPS) is 24.1. The third kappa shape index (κ3) is 2.49. The maximum Gasteiger partial charge on any atom is 0.256 e. The van der Waals surface area contributed by atoms with Gasteiger partial charge in [-0.15, -0.1) is 0 Å². The molecule has 1 saturated heterocycles. The first-order chi connectivity index (χ1) is 8.65. The zero-order valence-corrected chi connectivity index (χ0v) is 11.2. The predicted molar refractivity (Wildman–Crippen MR) is 71.6 cm³/mol. The lowest BCUT2D eigenvalue weighted by molar-refractivity contribution is 0.0494. The van der Waals surface area contributed by atoms with Crippen molar-refractivity contribution in [2.45, 2.75) is 38.3 Å². The Morgan fingerprint density at radius 1 is 1.61 bits per heavy atom. The maximum atomic E-state index is 12.6. The third-order valence-corrected chi connectivity index (χ3v) is 3.84. The summed E-state index contributed by atoms with van der Waals surface area (Å²) >= 11 is 6.04. The van der Waals surface area contributed by atoms with Crippen LogP contribution in [0.2, 0.25) is 5.02 Å². The van der Waals surface area contributed by atoms with E-state index in [0.29, 0.717) is 17.1 Å². The van der Waals surface area contributed by atoms with E-state index in [1.54, 1.807) is 12.3 Å². The van der Waals surface area contributed by atoms with E-state index in [1.165, 1.54) is 6.20 Å². The zero-order valence-electron chi connectivity index (χ0n) is 10.5. The minimum absolute atomic E-state index is 0.0370. The molecular formula is C13H18ClN3O. The van der Waals surface area contributed by atoms with Crippen LogP contribution in [0.1, 0.15) is 36.5 Å². The van der Waals surface area contributed by atoms with Gasteiger partial charge < -0.3 is 10.6 Å². The number of likely N-dealkylation sites (tertiary alicyclic amines) is 1. The first-order valence-electron chi connectivity index (χ1n) is 6.27. The number of carbonyl (C=O) groups excluding carboxylic acids is 1. The standard InChI is InChI=1S/C13H18ClN3O/c1-9-3-2-4-10(7-15)17(9)13(18)11-5-6-16-8-12(11)14/h5-6,8-10H,2-4,7,15H2,1H3. The molecule has 2 atom stereocenters. The van der Waals surface area contributed by atoms with Gasteiger partial charge in [-0.05, 0) is 32.3 Å². The minimum atomic E-state index is -0.0370. The molecular weight excluding hydrogens is 250 g/mol. The Hall–Kier alpha value is -1.13. The van der Waals surface area contributed by atoms with Crippen molar-refractivity contribution in [3.63, 3.8) is 0 Å². The Labute approximate surface area is 112 Å². The zero-order chi connectivity index (χ0) is 13.1. The fourth-order valence-corrected chi connectivity index (χ4v) is 2.77. The number of nitrogens with two attached hydrogens (primary N) is 1. The van der Waals surface area contributed by atoms with Crippen molar-refractivity contribution in [1.82, 2.24) is 9.88 Å². The number of aromatic nitrogens is 1. The first-order valence-corrected chi connectivity index (χ1v) is 6.65. The molecule has 4 nitrogen and oxygen atoms in total.